The molecule has 2 fully saturated rings. The van der Waals surface area contributed by atoms with Gasteiger partial charge in [-0.15, -0.1) is 0 Å². The molecule has 2 N–H and O–H groups in total. The molecule has 0 radical (unpaired) electrons. The van der Waals surface area contributed by atoms with Gasteiger partial charge < -0.3 is 15.4 Å². The Morgan fingerprint density at radius 2 is 2.06 bits per heavy atom. The van der Waals surface area contributed by atoms with Crippen molar-refractivity contribution in [2.45, 2.75) is 57.0 Å². The lowest BCUT2D eigenvalue weighted by atomic mass is 9.88. The first-order valence-corrected chi connectivity index (χ1v) is 6.76. The number of ether oxygens (including phenoxy) is 1. The Bertz CT molecular complexity index is 279. The standard InChI is InChI=1S/C13H24N2O2/c1-3-13(5-4-8-14-13)11(16)15-12(2)6-9-17-10-7-12/h14H,3-10H2,1-2H3,(H,15,16). The third-order valence-corrected chi connectivity index (χ3v) is 4.29. The van der Waals surface area contributed by atoms with Crippen LogP contribution in [0.4, 0.5) is 0 Å². The molecule has 17 heavy (non-hydrogen) atoms. The van der Waals surface area contributed by atoms with Crippen LogP contribution in [0.2, 0.25) is 0 Å². The van der Waals surface area contributed by atoms with E-state index in [0.29, 0.717) is 0 Å². The van der Waals surface area contributed by atoms with Gasteiger partial charge in [0.05, 0.1) is 5.54 Å². The van der Waals surface area contributed by atoms with Crippen LogP contribution < -0.4 is 10.6 Å². The first-order chi connectivity index (χ1) is 8.10. The lowest BCUT2D eigenvalue weighted by molar-refractivity contribution is -0.130. The van der Waals surface area contributed by atoms with E-state index in [4.69, 9.17) is 4.74 Å². The van der Waals surface area contributed by atoms with Crippen molar-refractivity contribution in [3.05, 3.63) is 0 Å². The van der Waals surface area contributed by atoms with Crippen LogP contribution in [0.5, 0.6) is 0 Å². The molecule has 98 valence electrons. The van der Waals surface area contributed by atoms with Crippen molar-refractivity contribution in [3.8, 4) is 0 Å². The fraction of sp³-hybridized carbons (Fsp3) is 0.923. The number of rotatable bonds is 3. The fourth-order valence-electron chi connectivity index (χ4n) is 2.80. The van der Waals surface area contributed by atoms with Gasteiger partial charge in [0.2, 0.25) is 5.91 Å². The quantitative estimate of drug-likeness (QED) is 0.779. The summed E-state index contributed by atoms with van der Waals surface area (Å²) in [4.78, 5) is 12.5. The van der Waals surface area contributed by atoms with Crippen LogP contribution in [0, 0.1) is 0 Å². The molecule has 1 amide bonds. The van der Waals surface area contributed by atoms with Crippen molar-refractivity contribution < 1.29 is 9.53 Å². The van der Waals surface area contributed by atoms with Crippen molar-refractivity contribution in [1.82, 2.24) is 10.6 Å². The molecular formula is C13H24N2O2. The third-order valence-electron chi connectivity index (χ3n) is 4.29. The molecule has 2 aliphatic heterocycles. The summed E-state index contributed by atoms with van der Waals surface area (Å²) in [7, 11) is 0. The van der Waals surface area contributed by atoms with Crippen LogP contribution in [0.15, 0.2) is 0 Å². The van der Waals surface area contributed by atoms with Gasteiger partial charge in [-0.2, -0.15) is 0 Å². The maximum absolute atomic E-state index is 12.5. The normalized spacial score (nSPS) is 32.4. The first kappa shape index (κ1) is 12.8. The van der Waals surface area contributed by atoms with Gasteiger partial charge >= 0.3 is 0 Å². The van der Waals surface area contributed by atoms with Crippen molar-refractivity contribution >= 4 is 5.91 Å². The van der Waals surface area contributed by atoms with Crippen molar-refractivity contribution in [1.29, 1.82) is 0 Å². The lowest BCUT2D eigenvalue weighted by Crippen LogP contribution is -2.60. The molecule has 2 heterocycles. The smallest absolute Gasteiger partial charge is 0.240 e. The molecule has 0 bridgehead atoms. The Morgan fingerprint density at radius 3 is 2.59 bits per heavy atom. The van der Waals surface area contributed by atoms with Crippen LogP contribution >= 0.6 is 0 Å². The first-order valence-electron chi connectivity index (χ1n) is 6.76. The van der Waals surface area contributed by atoms with E-state index in [9.17, 15) is 4.79 Å². The SMILES string of the molecule is CCC1(C(=O)NC2(C)CCOCC2)CCCN1. The van der Waals surface area contributed by atoms with Gasteiger partial charge in [-0.25, -0.2) is 0 Å². The Kier molecular flexibility index (Phi) is 3.73. The molecule has 0 spiro atoms. The van der Waals surface area contributed by atoms with Crippen LogP contribution in [0.25, 0.3) is 0 Å². The van der Waals surface area contributed by atoms with Gasteiger partial charge in [0, 0.05) is 18.8 Å². The Balaban J connectivity index is 1.99. The molecule has 0 aromatic rings. The zero-order valence-electron chi connectivity index (χ0n) is 11.0. The zero-order valence-corrected chi connectivity index (χ0v) is 11.0. The molecule has 2 aliphatic rings. The second kappa shape index (κ2) is 4.94. The number of hydrogen-bond acceptors (Lipinski definition) is 3. The molecule has 0 aromatic heterocycles. The van der Waals surface area contributed by atoms with E-state index in [1.165, 1.54) is 0 Å². The number of hydrogen-bond donors (Lipinski definition) is 2. The van der Waals surface area contributed by atoms with Gasteiger partial charge in [-0.1, -0.05) is 6.92 Å². The molecule has 0 saturated carbocycles. The summed E-state index contributed by atoms with van der Waals surface area (Å²) in [6, 6.07) is 0. The second-order valence-corrected chi connectivity index (χ2v) is 5.59. The van der Waals surface area contributed by atoms with Gasteiger partial charge in [0.15, 0.2) is 0 Å². The molecule has 4 heteroatoms. The van der Waals surface area contributed by atoms with Gasteiger partial charge in [-0.3, -0.25) is 4.79 Å². The lowest BCUT2D eigenvalue weighted by Gasteiger charge is -2.38. The van der Waals surface area contributed by atoms with Crippen molar-refractivity contribution in [2.75, 3.05) is 19.8 Å². The molecule has 2 saturated heterocycles. The highest BCUT2D eigenvalue weighted by molar-refractivity contribution is 5.87. The highest BCUT2D eigenvalue weighted by Gasteiger charge is 2.42. The zero-order chi connectivity index (χ0) is 12.4. The molecule has 1 atom stereocenters. The summed E-state index contributed by atoms with van der Waals surface area (Å²) >= 11 is 0. The molecule has 1 unspecified atom stereocenters. The number of nitrogens with one attached hydrogen (secondary N) is 2. The third kappa shape index (κ3) is 2.63. The highest BCUT2D eigenvalue weighted by atomic mass is 16.5. The molecular weight excluding hydrogens is 216 g/mol. The van der Waals surface area contributed by atoms with E-state index >= 15 is 0 Å². The summed E-state index contributed by atoms with van der Waals surface area (Å²) < 4.78 is 5.36. The minimum Gasteiger partial charge on any atom is -0.381 e. The Morgan fingerprint density at radius 1 is 1.35 bits per heavy atom. The maximum atomic E-state index is 12.5. The van der Waals surface area contributed by atoms with Crippen LogP contribution in [0.3, 0.4) is 0 Å². The average Bonchev–Trinajstić information content (AvgIpc) is 2.79. The number of carbonyl (C=O) groups excluding carboxylic acids is 1. The summed E-state index contributed by atoms with van der Waals surface area (Å²) in [5, 5.41) is 6.63. The fourth-order valence-corrected chi connectivity index (χ4v) is 2.80. The minimum atomic E-state index is -0.318. The van der Waals surface area contributed by atoms with Crippen molar-refractivity contribution in [3.63, 3.8) is 0 Å². The van der Waals surface area contributed by atoms with E-state index < -0.39 is 0 Å². The Labute approximate surface area is 103 Å². The van der Waals surface area contributed by atoms with Crippen LogP contribution in [0.1, 0.15) is 46.0 Å². The van der Waals surface area contributed by atoms with Gasteiger partial charge in [-0.05, 0) is 45.6 Å². The summed E-state index contributed by atoms with van der Waals surface area (Å²) in [5.41, 5.74) is -0.400. The van der Waals surface area contributed by atoms with Gasteiger partial charge in [0.1, 0.15) is 0 Å². The Hall–Kier alpha value is -0.610. The van der Waals surface area contributed by atoms with E-state index in [1.807, 2.05) is 0 Å². The molecule has 2 rings (SSSR count). The predicted octanol–water partition coefficient (Wildman–Crippen LogP) is 1.20. The van der Waals surface area contributed by atoms with Crippen LogP contribution in [-0.4, -0.2) is 36.7 Å². The monoisotopic (exact) mass is 240 g/mol. The predicted molar refractivity (Wildman–Crippen MR) is 66.9 cm³/mol. The number of carbonyl (C=O) groups is 1. The van der Waals surface area contributed by atoms with E-state index in [-0.39, 0.29) is 17.0 Å². The maximum Gasteiger partial charge on any atom is 0.240 e. The summed E-state index contributed by atoms with van der Waals surface area (Å²) in [5.74, 6) is 0.182. The molecule has 4 nitrogen and oxygen atoms in total. The molecule has 0 aliphatic carbocycles. The second-order valence-electron chi connectivity index (χ2n) is 5.59. The van der Waals surface area contributed by atoms with E-state index in [2.05, 4.69) is 24.5 Å². The topological polar surface area (TPSA) is 50.4 Å². The molecule has 0 aromatic carbocycles. The number of amides is 1. The van der Waals surface area contributed by atoms with E-state index in [0.717, 1.165) is 51.9 Å². The summed E-state index contributed by atoms with van der Waals surface area (Å²) in [6.07, 6.45) is 4.76. The average molecular weight is 240 g/mol. The summed E-state index contributed by atoms with van der Waals surface area (Å²) in [6.45, 7) is 6.68. The highest BCUT2D eigenvalue weighted by Crippen LogP contribution is 2.26. The van der Waals surface area contributed by atoms with Crippen LogP contribution in [-0.2, 0) is 9.53 Å². The minimum absolute atomic E-state index is 0.0816. The van der Waals surface area contributed by atoms with Gasteiger partial charge in [0.25, 0.3) is 0 Å². The largest absolute Gasteiger partial charge is 0.381 e. The van der Waals surface area contributed by atoms with E-state index in [1.54, 1.807) is 0 Å². The van der Waals surface area contributed by atoms with Crippen molar-refractivity contribution in [2.24, 2.45) is 0 Å².